The van der Waals surface area contributed by atoms with Crippen molar-refractivity contribution < 1.29 is 13.6 Å². The van der Waals surface area contributed by atoms with E-state index in [1.807, 2.05) is 0 Å². The molecule has 0 radical (unpaired) electrons. The summed E-state index contributed by atoms with van der Waals surface area (Å²) in [7, 11) is 0. The Kier molecular flexibility index (Phi) is 3.42. The summed E-state index contributed by atoms with van der Waals surface area (Å²) in [5.74, 6) is -2.71. The van der Waals surface area contributed by atoms with Gasteiger partial charge in [0.05, 0.1) is 5.56 Å². The van der Waals surface area contributed by atoms with Crippen LogP contribution < -0.4 is 0 Å². The van der Waals surface area contributed by atoms with Gasteiger partial charge in [0, 0.05) is 0 Å². The van der Waals surface area contributed by atoms with Gasteiger partial charge >= 0.3 is 0 Å². The van der Waals surface area contributed by atoms with Crippen molar-refractivity contribution in [1.29, 1.82) is 0 Å². The lowest BCUT2D eigenvalue weighted by molar-refractivity contribution is 0.0983. The summed E-state index contributed by atoms with van der Waals surface area (Å²) < 4.78 is 24.8. The van der Waals surface area contributed by atoms with Gasteiger partial charge in [0.2, 0.25) is 0 Å². The van der Waals surface area contributed by atoms with E-state index < -0.39 is 20.7 Å². The van der Waals surface area contributed by atoms with E-state index in [9.17, 15) is 13.6 Å². The summed E-state index contributed by atoms with van der Waals surface area (Å²) in [6.45, 7) is 1.50. The van der Waals surface area contributed by atoms with Crippen molar-refractivity contribution in [2.24, 2.45) is 0 Å². The van der Waals surface area contributed by atoms with Crippen LogP contribution in [0.15, 0.2) is 18.2 Å². The standard InChI is InChI=1S/C9H6Br2F2O/c1-9(10,11)8(14)5-3-2-4-6(12)7(5)13/h2-4H,1H3. The SMILES string of the molecule is CC(Br)(Br)C(=O)c1cccc(F)c1F. The second kappa shape index (κ2) is 4.06. The Hall–Kier alpha value is -0.290. The van der Waals surface area contributed by atoms with E-state index in [-0.39, 0.29) is 5.56 Å². The second-order valence-corrected chi connectivity index (χ2v) is 7.06. The van der Waals surface area contributed by atoms with Crippen molar-refractivity contribution in [2.45, 2.75) is 10.2 Å². The van der Waals surface area contributed by atoms with Crippen LogP contribution in [-0.2, 0) is 0 Å². The van der Waals surface area contributed by atoms with Gasteiger partial charge in [-0.25, -0.2) is 8.78 Å². The Bertz CT molecular complexity index is 372. The van der Waals surface area contributed by atoms with Crippen LogP contribution in [0.5, 0.6) is 0 Å². The minimum atomic E-state index is -1.12. The average Bonchev–Trinajstić information content (AvgIpc) is 2.07. The van der Waals surface area contributed by atoms with Crippen LogP contribution in [-0.4, -0.2) is 9.02 Å². The molecule has 1 aromatic rings. The van der Waals surface area contributed by atoms with Gasteiger partial charge in [0.1, 0.15) is 3.23 Å². The fourth-order valence-electron chi connectivity index (χ4n) is 0.916. The summed E-state index contributed by atoms with van der Waals surface area (Å²) in [5.41, 5.74) is -0.277. The van der Waals surface area contributed by atoms with Crippen molar-refractivity contribution in [1.82, 2.24) is 0 Å². The van der Waals surface area contributed by atoms with E-state index >= 15 is 0 Å². The van der Waals surface area contributed by atoms with Crippen LogP contribution in [0.1, 0.15) is 17.3 Å². The van der Waals surface area contributed by atoms with Crippen molar-refractivity contribution >= 4 is 37.6 Å². The lowest BCUT2D eigenvalue weighted by atomic mass is 10.1. The molecular weight excluding hydrogens is 322 g/mol. The summed E-state index contributed by atoms with van der Waals surface area (Å²) in [6.07, 6.45) is 0. The molecule has 0 bridgehead atoms. The van der Waals surface area contributed by atoms with Crippen molar-refractivity contribution in [2.75, 3.05) is 0 Å². The minimum Gasteiger partial charge on any atom is -0.292 e. The lowest BCUT2D eigenvalue weighted by Gasteiger charge is -2.12. The predicted molar refractivity (Wildman–Crippen MR) is 56.9 cm³/mol. The zero-order valence-corrected chi connectivity index (χ0v) is 10.3. The fraction of sp³-hybridized carbons (Fsp3) is 0.222. The van der Waals surface area contributed by atoms with Crippen LogP contribution in [0.4, 0.5) is 8.78 Å². The first-order chi connectivity index (χ1) is 6.34. The molecule has 0 aliphatic heterocycles. The predicted octanol–water partition coefficient (Wildman–Crippen LogP) is 3.65. The fourth-order valence-corrected chi connectivity index (χ4v) is 1.34. The summed E-state index contributed by atoms with van der Waals surface area (Å²) in [5, 5.41) is 0. The Balaban J connectivity index is 3.21. The first-order valence-electron chi connectivity index (χ1n) is 3.70. The van der Waals surface area contributed by atoms with Gasteiger partial charge in [0.15, 0.2) is 17.4 Å². The molecule has 0 aromatic heterocycles. The molecule has 0 atom stereocenters. The maximum absolute atomic E-state index is 13.1. The number of ketones is 1. The van der Waals surface area contributed by atoms with Gasteiger partial charge in [-0.3, -0.25) is 4.79 Å². The van der Waals surface area contributed by atoms with Gasteiger partial charge in [-0.05, 0) is 19.1 Å². The molecular formula is C9H6Br2F2O. The smallest absolute Gasteiger partial charge is 0.192 e. The molecule has 5 heteroatoms. The van der Waals surface area contributed by atoms with Crippen molar-refractivity contribution in [3.05, 3.63) is 35.4 Å². The molecule has 0 spiro atoms. The van der Waals surface area contributed by atoms with Crippen LogP contribution >= 0.6 is 31.9 Å². The van der Waals surface area contributed by atoms with Crippen LogP contribution in [0, 0.1) is 11.6 Å². The molecule has 1 rings (SSSR count). The number of rotatable bonds is 2. The Morgan fingerprint density at radius 3 is 2.43 bits per heavy atom. The third-order valence-electron chi connectivity index (χ3n) is 1.59. The zero-order chi connectivity index (χ0) is 10.9. The Labute approximate surface area is 96.8 Å². The molecule has 0 heterocycles. The zero-order valence-electron chi connectivity index (χ0n) is 7.15. The first kappa shape index (κ1) is 11.8. The van der Waals surface area contributed by atoms with E-state index in [0.717, 1.165) is 6.07 Å². The highest BCUT2D eigenvalue weighted by molar-refractivity contribution is 9.25. The molecule has 1 nitrogen and oxygen atoms in total. The molecule has 0 aliphatic rings. The maximum Gasteiger partial charge on any atom is 0.192 e. The van der Waals surface area contributed by atoms with E-state index in [1.165, 1.54) is 19.1 Å². The highest BCUT2D eigenvalue weighted by atomic mass is 79.9. The van der Waals surface area contributed by atoms with Crippen LogP contribution in [0.3, 0.4) is 0 Å². The largest absolute Gasteiger partial charge is 0.292 e. The monoisotopic (exact) mass is 326 g/mol. The third kappa shape index (κ3) is 2.39. The number of alkyl halides is 2. The van der Waals surface area contributed by atoms with E-state index in [2.05, 4.69) is 31.9 Å². The Morgan fingerprint density at radius 2 is 1.93 bits per heavy atom. The molecule has 0 unspecified atom stereocenters. The van der Waals surface area contributed by atoms with Crippen molar-refractivity contribution in [3.63, 3.8) is 0 Å². The highest BCUT2D eigenvalue weighted by Crippen LogP contribution is 2.30. The van der Waals surface area contributed by atoms with Gasteiger partial charge < -0.3 is 0 Å². The van der Waals surface area contributed by atoms with Crippen molar-refractivity contribution in [3.8, 4) is 0 Å². The molecule has 0 N–H and O–H groups in total. The summed E-state index contributed by atoms with van der Waals surface area (Å²) >= 11 is 6.03. The topological polar surface area (TPSA) is 17.1 Å². The van der Waals surface area contributed by atoms with Gasteiger partial charge in [-0.1, -0.05) is 37.9 Å². The number of carbonyl (C=O) groups is 1. The lowest BCUT2D eigenvalue weighted by Crippen LogP contribution is -2.22. The Morgan fingerprint density at radius 1 is 1.36 bits per heavy atom. The number of hydrogen-bond donors (Lipinski definition) is 0. The number of benzene rings is 1. The third-order valence-corrected chi connectivity index (χ3v) is 2.32. The summed E-state index contributed by atoms with van der Waals surface area (Å²) in [6, 6.07) is 3.49. The second-order valence-electron chi connectivity index (χ2n) is 2.82. The van der Waals surface area contributed by atoms with E-state index in [1.54, 1.807) is 0 Å². The number of halogens is 4. The maximum atomic E-state index is 13.1. The first-order valence-corrected chi connectivity index (χ1v) is 5.29. The summed E-state index contributed by atoms with van der Waals surface area (Å²) in [4.78, 5) is 11.5. The highest BCUT2D eigenvalue weighted by Gasteiger charge is 2.30. The molecule has 0 fully saturated rings. The van der Waals surface area contributed by atoms with E-state index in [0.29, 0.717) is 0 Å². The van der Waals surface area contributed by atoms with Gasteiger partial charge in [-0.15, -0.1) is 0 Å². The number of Topliss-reactive ketones (excluding diaryl/α,β-unsaturated/α-hetero) is 1. The molecule has 14 heavy (non-hydrogen) atoms. The molecule has 0 saturated carbocycles. The quantitative estimate of drug-likeness (QED) is 0.598. The van der Waals surface area contributed by atoms with Gasteiger partial charge in [0.25, 0.3) is 0 Å². The normalized spacial score (nSPS) is 11.5. The van der Waals surface area contributed by atoms with Crippen LogP contribution in [0.25, 0.3) is 0 Å². The average molecular weight is 328 g/mol. The molecule has 0 saturated heterocycles. The van der Waals surface area contributed by atoms with E-state index in [4.69, 9.17) is 0 Å². The molecule has 0 aliphatic carbocycles. The number of hydrogen-bond acceptors (Lipinski definition) is 1. The van der Waals surface area contributed by atoms with Crippen LogP contribution in [0.2, 0.25) is 0 Å². The molecule has 76 valence electrons. The number of carbonyl (C=O) groups excluding carboxylic acids is 1. The molecule has 0 amide bonds. The minimum absolute atomic E-state index is 0.277. The van der Waals surface area contributed by atoms with Gasteiger partial charge in [-0.2, -0.15) is 0 Å². The molecule has 1 aromatic carbocycles.